The van der Waals surface area contributed by atoms with E-state index in [0.717, 1.165) is 12.8 Å². The molecule has 1 aromatic carbocycles. The number of hydrogen-bond acceptors (Lipinski definition) is 1. The third-order valence-electron chi connectivity index (χ3n) is 1.90. The first-order chi connectivity index (χ1) is 7.11. The largest absolute Gasteiger partial charge is 0.326 e. The molecule has 2 nitrogen and oxygen atoms in total. The van der Waals surface area contributed by atoms with E-state index in [-0.39, 0.29) is 5.91 Å². The fourth-order valence-corrected chi connectivity index (χ4v) is 1.71. The highest BCUT2D eigenvalue weighted by atomic mass is 35.5. The number of unbranched alkanes of at least 4 members (excludes halogenated alkanes) is 1. The Labute approximate surface area is 99.6 Å². The van der Waals surface area contributed by atoms with E-state index >= 15 is 0 Å². The molecule has 15 heavy (non-hydrogen) atoms. The first-order valence-corrected chi connectivity index (χ1v) is 5.63. The van der Waals surface area contributed by atoms with Crippen LogP contribution in [0.3, 0.4) is 0 Å². The lowest BCUT2D eigenvalue weighted by Crippen LogP contribution is -2.10. The Morgan fingerprint density at radius 1 is 1.27 bits per heavy atom. The van der Waals surface area contributed by atoms with E-state index < -0.39 is 0 Å². The lowest BCUT2D eigenvalue weighted by Gasteiger charge is -2.05. The summed E-state index contributed by atoms with van der Waals surface area (Å²) in [5, 5.41) is 3.79. The maximum absolute atomic E-state index is 11.4. The van der Waals surface area contributed by atoms with Crippen molar-refractivity contribution in [2.24, 2.45) is 0 Å². The number of halogens is 2. The highest BCUT2D eigenvalue weighted by Gasteiger charge is 2.03. The van der Waals surface area contributed by atoms with Crippen molar-refractivity contribution in [2.75, 3.05) is 5.32 Å². The van der Waals surface area contributed by atoms with Crippen molar-refractivity contribution in [3.63, 3.8) is 0 Å². The molecule has 1 amide bonds. The maximum Gasteiger partial charge on any atom is 0.224 e. The molecule has 4 heteroatoms. The second kappa shape index (κ2) is 5.99. The third-order valence-corrected chi connectivity index (χ3v) is 2.34. The smallest absolute Gasteiger partial charge is 0.224 e. The molecule has 0 aliphatic rings. The Morgan fingerprint density at radius 3 is 2.40 bits per heavy atom. The van der Waals surface area contributed by atoms with Crippen LogP contribution in [-0.2, 0) is 4.79 Å². The predicted molar refractivity (Wildman–Crippen MR) is 64.6 cm³/mol. The van der Waals surface area contributed by atoms with Gasteiger partial charge >= 0.3 is 0 Å². The Kier molecular flexibility index (Phi) is 4.92. The molecule has 0 aliphatic heterocycles. The summed E-state index contributed by atoms with van der Waals surface area (Å²) in [4.78, 5) is 11.4. The van der Waals surface area contributed by atoms with E-state index in [2.05, 4.69) is 5.32 Å². The zero-order valence-corrected chi connectivity index (χ0v) is 10.0. The Balaban J connectivity index is 2.60. The SMILES string of the molecule is CCCCC(=O)Nc1cc(Cl)cc(Cl)c1. The van der Waals surface area contributed by atoms with Gasteiger partial charge in [-0.2, -0.15) is 0 Å². The highest BCUT2D eigenvalue weighted by molar-refractivity contribution is 6.35. The van der Waals surface area contributed by atoms with Gasteiger partial charge in [-0.25, -0.2) is 0 Å². The van der Waals surface area contributed by atoms with E-state index in [9.17, 15) is 4.79 Å². The van der Waals surface area contributed by atoms with E-state index in [1.54, 1.807) is 18.2 Å². The number of anilines is 1. The van der Waals surface area contributed by atoms with Crippen molar-refractivity contribution in [3.8, 4) is 0 Å². The first kappa shape index (κ1) is 12.3. The summed E-state index contributed by atoms with van der Waals surface area (Å²) < 4.78 is 0. The second-order valence-electron chi connectivity index (χ2n) is 3.31. The minimum absolute atomic E-state index is 0.00446. The number of carbonyl (C=O) groups is 1. The third kappa shape index (κ3) is 4.54. The molecule has 0 spiro atoms. The number of nitrogens with one attached hydrogen (secondary N) is 1. The lowest BCUT2D eigenvalue weighted by molar-refractivity contribution is -0.116. The molecular formula is C11H13Cl2NO. The number of hydrogen-bond donors (Lipinski definition) is 1. The lowest BCUT2D eigenvalue weighted by atomic mass is 10.2. The van der Waals surface area contributed by atoms with Crippen molar-refractivity contribution < 1.29 is 4.79 Å². The van der Waals surface area contributed by atoms with Crippen LogP contribution in [0.4, 0.5) is 5.69 Å². The molecule has 0 aliphatic carbocycles. The zero-order valence-electron chi connectivity index (χ0n) is 8.52. The van der Waals surface area contributed by atoms with Crippen LogP contribution in [0, 0.1) is 0 Å². The first-order valence-electron chi connectivity index (χ1n) is 4.87. The van der Waals surface area contributed by atoms with Crippen LogP contribution in [0.2, 0.25) is 10.0 Å². The molecule has 0 radical (unpaired) electrons. The van der Waals surface area contributed by atoms with Crippen molar-refractivity contribution in [3.05, 3.63) is 28.2 Å². The average molecular weight is 246 g/mol. The van der Waals surface area contributed by atoms with Crippen LogP contribution in [0.15, 0.2) is 18.2 Å². The van der Waals surface area contributed by atoms with Gasteiger partial charge in [-0.3, -0.25) is 4.79 Å². The zero-order chi connectivity index (χ0) is 11.3. The molecule has 0 atom stereocenters. The molecular weight excluding hydrogens is 233 g/mol. The predicted octanol–water partition coefficient (Wildman–Crippen LogP) is 4.12. The molecule has 1 N–H and O–H groups in total. The normalized spacial score (nSPS) is 10.1. The van der Waals surface area contributed by atoms with E-state index in [1.165, 1.54) is 0 Å². The Bertz CT molecular complexity index is 332. The molecule has 0 saturated carbocycles. The average Bonchev–Trinajstić information content (AvgIpc) is 2.13. The molecule has 0 heterocycles. The summed E-state index contributed by atoms with van der Waals surface area (Å²) in [6.07, 6.45) is 2.42. The number of benzene rings is 1. The second-order valence-corrected chi connectivity index (χ2v) is 4.18. The fourth-order valence-electron chi connectivity index (χ4n) is 1.19. The van der Waals surface area contributed by atoms with Crippen LogP contribution >= 0.6 is 23.2 Å². The van der Waals surface area contributed by atoms with Gasteiger partial charge in [0.1, 0.15) is 0 Å². The minimum atomic E-state index is -0.00446. The summed E-state index contributed by atoms with van der Waals surface area (Å²) in [5.74, 6) is -0.00446. The molecule has 0 aromatic heterocycles. The monoisotopic (exact) mass is 245 g/mol. The summed E-state index contributed by atoms with van der Waals surface area (Å²) in [5.41, 5.74) is 0.647. The topological polar surface area (TPSA) is 29.1 Å². The van der Waals surface area contributed by atoms with Gasteiger partial charge < -0.3 is 5.32 Å². The Hall–Kier alpha value is -0.730. The van der Waals surface area contributed by atoms with Gasteiger partial charge in [0.2, 0.25) is 5.91 Å². The molecule has 0 unspecified atom stereocenters. The molecule has 0 fully saturated rings. The molecule has 0 bridgehead atoms. The van der Waals surface area contributed by atoms with Gasteiger partial charge in [0, 0.05) is 22.2 Å². The van der Waals surface area contributed by atoms with Crippen LogP contribution in [0.5, 0.6) is 0 Å². The van der Waals surface area contributed by atoms with Crippen molar-refractivity contribution in [1.82, 2.24) is 0 Å². The van der Waals surface area contributed by atoms with Crippen LogP contribution in [0.1, 0.15) is 26.2 Å². The number of rotatable bonds is 4. The van der Waals surface area contributed by atoms with Gasteiger partial charge in [0.15, 0.2) is 0 Å². The van der Waals surface area contributed by atoms with Gasteiger partial charge in [0.25, 0.3) is 0 Å². The van der Waals surface area contributed by atoms with Crippen LogP contribution < -0.4 is 5.32 Å². The maximum atomic E-state index is 11.4. The van der Waals surface area contributed by atoms with Crippen molar-refractivity contribution in [2.45, 2.75) is 26.2 Å². The van der Waals surface area contributed by atoms with Crippen molar-refractivity contribution in [1.29, 1.82) is 0 Å². The van der Waals surface area contributed by atoms with Gasteiger partial charge in [0.05, 0.1) is 0 Å². The van der Waals surface area contributed by atoms with Gasteiger partial charge in [-0.1, -0.05) is 36.5 Å². The van der Waals surface area contributed by atoms with E-state index in [1.807, 2.05) is 6.92 Å². The Morgan fingerprint density at radius 2 is 1.87 bits per heavy atom. The molecule has 1 rings (SSSR count). The highest BCUT2D eigenvalue weighted by Crippen LogP contribution is 2.22. The van der Waals surface area contributed by atoms with Crippen LogP contribution in [-0.4, -0.2) is 5.91 Å². The number of carbonyl (C=O) groups excluding carboxylic acids is 1. The number of amides is 1. The summed E-state index contributed by atoms with van der Waals surface area (Å²) in [6.45, 7) is 2.05. The molecule has 1 aromatic rings. The standard InChI is InChI=1S/C11H13Cl2NO/c1-2-3-4-11(15)14-10-6-8(12)5-9(13)7-10/h5-7H,2-4H2,1H3,(H,14,15). The van der Waals surface area contributed by atoms with Crippen LogP contribution in [0.25, 0.3) is 0 Å². The van der Waals surface area contributed by atoms with Gasteiger partial charge in [-0.05, 0) is 24.6 Å². The summed E-state index contributed by atoms with van der Waals surface area (Å²) in [6, 6.07) is 4.99. The minimum Gasteiger partial charge on any atom is -0.326 e. The van der Waals surface area contributed by atoms with Crippen molar-refractivity contribution >= 4 is 34.8 Å². The molecule has 0 saturated heterocycles. The van der Waals surface area contributed by atoms with E-state index in [4.69, 9.17) is 23.2 Å². The quantitative estimate of drug-likeness (QED) is 0.850. The van der Waals surface area contributed by atoms with Gasteiger partial charge in [-0.15, -0.1) is 0 Å². The van der Waals surface area contributed by atoms with E-state index in [0.29, 0.717) is 22.2 Å². The fraction of sp³-hybridized carbons (Fsp3) is 0.364. The summed E-state index contributed by atoms with van der Waals surface area (Å²) in [7, 11) is 0. The molecule has 82 valence electrons. The summed E-state index contributed by atoms with van der Waals surface area (Å²) >= 11 is 11.6.